The minimum absolute atomic E-state index is 0.0834. The Labute approximate surface area is 55.7 Å². The van der Waals surface area contributed by atoms with Gasteiger partial charge < -0.3 is 8.74 Å². The molecule has 0 aromatic heterocycles. The Balaban J connectivity index is 2.83. The molecular weight excluding hydrogens is 147 g/mol. The molecule has 0 amide bonds. The first-order valence-corrected chi connectivity index (χ1v) is 3.56. The number of halogens is 1. The maximum absolute atomic E-state index is 11.3. The molecule has 0 radical (unpaired) electrons. The van der Waals surface area contributed by atoms with Crippen molar-refractivity contribution in [1.29, 1.82) is 0 Å². The molecule has 1 unspecified atom stereocenters. The summed E-state index contributed by atoms with van der Waals surface area (Å²) in [5, 5.41) is 0. The van der Waals surface area contributed by atoms with E-state index in [1.807, 2.05) is 0 Å². The zero-order chi connectivity index (χ0) is 7.11. The number of rotatable bonds is 5. The lowest BCUT2D eigenvalue weighted by Gasteiger charge is -2.03. The Morgan fingerprint density at radius 2 is 2.22 bits per heavy atom. The minimum Gasteiger partial charge on any atom is -0.750 e. The van der Waals surface area contributed by atoms with Crippen LogP contribution in [0.4, 0.5) is 4.39 Å². The normalized spacial score (nSPS) is 13.6. The van der Waals surface area contributed by atoms with Gasteiger partial charge in [-0.25, -0.2) is 4.21 Å². The molecule has 3 nitrogen and oxygen atoms in total. The molecule has 0 spiro atoms. The molecule has 0 saturated carbocycles. The number of unbranched alkanes of at least 4 members (excludes halogenated alkanes) is 1. The molecule has 5 heteroatoms. The Morgan fingerprint density at radius 3 is 2.67 bits per heavy atom. The quantitative estimate of drug-likeness (QED) is 0.430. The monoisotopic (exact) mass is 155 g/mol. The van der Waals surface area contributed by atoms with Crippen LogP contribution >= 0.6 is 0 Å². The lowest BCUT2D eigenvalue weighted by molar-refractivity contribution is 0.285. The third-order valence-electron chi connectivity index (χ3n) is 0.708. The molecule has 0 N–H and O–H groups in total. The van der Waals surface area contributed by atoms with E-state index < -0.39 is 18.0 Å². The van der Waals surface area contributed by atoms with Gasteiger partial charge in [-0.1, -0.05) is 0 Å². The zero-order valence-electron chi connectivity index (χ0n) is 4.84. The van der Waals surface area contributed by atoms with Crippen LogP contribution in [-0.2, 0) is 15.5 Å². The van der Waals surface area contributed by atoms with E-state index in [0.29, 0.717) is 12.8 Å². The molecule has 56 valence electrons. The van der Waals surface area contributed by atoms with Gasteiger partial charge in [0.2, 0.25) is 0 Å². The van der Waals surface area contributed by atoms with Crippen molar-refractivity contribution in [3.05, 3.63) is 0 Å². The van der Waals surface area contributed by atoms with Crippen molar-refractivity contribution < 1.29 is 17.3 Å². The lowest BCUT2D eigenvalue weighted by Crippen LogP contribution is -1.97. The van der Waals surface area contributed by atoms with Gasteiger partial charge in [0, 0.05) is 0 Å². The van der Waals surface area contributed by atoms with E-state index in [-0.39, 0.29) is 6.61 Å². The van der Waals surface area contributed by atoms with Crippen molar-refractivity contribution >= 4 is 11.4 Å². The van der Waals surface area contributed by atoms with Gasteiger partial charge in [-0.15, -0.1) is 0 Å². The molecule has 0 aliphatic carbocycles. The predicted octanol–water partition coefficient (Wildman–Crippen LogP) is 0.547. The summed E-state index contributed by atoms with van der Waals surface area (Å²) in [5.41, 5.74) is 0. The Morgan fingerprint density at radius 1 is 1.56 bits per heavy atom. The van der Waals surface area contributed by atoms with Crippen LogP contribution in [0.5, 0.6) is 0 Å². The molecule has 0 saturated heterocycles. The lowest BCUT2D eigenvalue weighted by atomic mass is 10.4. The summed E-state index contributed by atoms with van der Waals surface area (Å²) >= 11 is -2.44. The SMILES string of the molecule is O=S([O-])OCCCCF. The first kappa shape index (κ1) is 9.00. The van der Waals surface area contributed by atoms with Crippen LogP contribution in [0.15, 0.2) is 0 Å². The molecule has 0 aliphatic heterocycles. The number of alkyl halides is 1. The summed E-state index contributed by atoms with van der Waals surface area (Å²) in [6.07, 6.45) is 0.807. The van der Waals surface area contributed by atoms with Crippen LogP contribution in [0.2, 0.25) is 0 Å². The molecule has 0 aromatic carbocycles. The van der Waals surface area contributed by atoms with Crippen LogP contribution in [0.1, 0.15) is 12.8 Å². The van der Waals surface area contributed by atoms with E-state index in [9.17, 15) is 13.2 Å². The third kappa shape index (κ3) is 8.00. The fourth-order valence-electron chi connectivity index (χ4n) is 0.324. The average molecular weight is 155 g/mol. The summed E-state index contributed by atoms with van der Waals surface area (Å²) in [6, 6.07) is 0. The van der Waals surface area contributed by atoms with Gasteiger partial charge in [0.1, 0.15) is 0 Å². The van der Waals surface area contributed by atoms with E-state index in [2.05, 4.69) is 4.18 Å². The largest absolute Gasteiger partial charge is 0.750 e. The van der Waals surface area contributed by atoms with Gasteiger partial charge in [-0.2, -0.15) is 0 Å². The number of hydrogen-bond acceptors (Lipinski definition) is 3. The molecule has 1 atom stereocenters. The smallest absolute Gasteiger partial charge is 0.0895 e. The van der Waals surface area contributed by atoms with Gasteiger partial charge in [-0.3, -0.25) is 4.39 Å². The van der Waals surface area contributed by atoms with Crippen molar-refractivity contribution in [2.24, 2.45) is 0 Å². The molecule has 9 heavy (non-hydrogen) atoms. The standard InChI is InChI=1S/C4H9FO3S/c5-3-1-2-4-8-9(6)7/h1-4H2,(H,6,7)/p-1. The van der Waals surface area contributed by atoms with Crippen LogP contribution in [-0.4, -0.2) is 22.0 Å². The van der Waals surface area contributed by atoms with Crippen LogP contribution < -0.4 is 0 Å². The first-order chi connectivity index (χ1) is 4.27. The van der Waals surface area contributed by atoms with E-state index in [0.717, 1.165) is 0 Å². The highest BCUT2D eigenvalue weighted by atomic mass is 32.2. The molecular formula is C4H8FO3S-. The zero-order valence-corrected chi connectivity index (χ0v) is 5.66. The van der Waals surface area contributed by atoms with E-state index >= 15 is 0 Å². The van der Waals surface area contributed by atoms with Crippen LogP contribution in [0.3, 0.4) is 0 Å². The van der Waals surface area contributed by atoms with E-state index in [1.54, 1.807) is 0 Å². The molecule has 0 bridgehead atoms. The highest BCUT2D eigenvalue weighted by molar-refractivity contribution is 7.74. The Kier molecular flexibility index (Phi) is 6.12. The fraction of sp³-hybridized carbons (Fsp3) is 1.00. The van der Waals surface area contributed by atoms with Gasteiger partial charge in [-0.05, 0) is 12.8 Å². The number of hydrogen-bond donors (Lipinski definition) is 0. The fourth-order valence-corrected chi connectivity index (χ4v) is 0.577. The second-order valence-electron chi connectivity index (χ2n) is 1.42. The highest BCUT2D eigenvalue weighted by Gasteiger charge is 1.86. The molecule has 0 heterocycles. The minimum atomic E-state index is -2.44. The van der Waals surface area contributed by atoms with Crippen molar-refractivity contribution in [3.63, 3.8) is 0 Å². The molecule has 0 aliphatic rings. The Hall–Kier alpha value is -0.0000000000000000555. The van der Waals surface area contributed by atoms with E-state index in [1.165, 1.54) is 0 Å². The second kappa shape index (κ2) is 6.12. The molecule has 0 aromatic rings. The van der Waals surface area contributed by atoms with Gasteiger partial charge >= 0.3 is 0 Å². The maximum Gasteiger partial charge on any atom is 0.0895 e. The van der Waals surface area contributed by atoms with Crippen LogP contribution in [0.25, 0.3) is 0 Å². The average Bonchev–Trinajstić information content (AvgIpc) is 1.80. The topological polar surface area (TPSA) is 49.4 Å². The summed E-state index contributed by atoms with van der Waals surface area (Å²) in [5.74, 6) is 0. The second-order valence-corrected chi connectivity index (χ2v) is 2.07. The summed E-state index contributed by atoms with van der Waals surface area (Å²) in [6.45, 7) is -0.338. The van der Waals surface area contributed by atoms with Gasteiger partial charge in [0.15, 0.2) is 0 Å². The highest BCUT2D eigenvalue weighted by Crippen LogP contribution is 1.90. The van der Waals surface area contributed by atoms with E-state index in [4.69, 9.17) is 0 Å². The third-order valence-corrected chi connectivity index (χ3v) is 1.07. The maximum atomic E-state index is 11.3. The molecule has 0 fully saturated rings. The van der Waals surface area contributed by atoms with Gasteiger partial charge in [0.25, 0.3) is 0 Å². The van der Waals surface area contributed by atoms with Crippen molar-refractivity contribution in [2.45, 2.75) is 12.8 Å². The summed E-state index contributed by atoms with van der Waals surface area (Å²) in [7, 11) is 0. The summed E-state index contributed by atoms with van der Waals surface area (Å²) in [4.78, 5) is 0. The Bertz CT molecular complexity index is 87.9. The van der Waals surface area contributed by atoms with Crippen molar-refractivity contribution in [1.82, 2.24) is 0 Å². The van der Waals surface area contributed by atoms with Gasteiger partial charge in [0.05, 0.1) is 24.6 Å². The van der Waals surface area contributed by atoms with Crippen LogP contribution in [0, 0.1) is 0 Å². The molecule has 0 rings (SSSR count). The predicted molar refractivity (Wildman–Crippen MR) is 30.1 cm³/mol. The first-order valence-electron chi connectivity index (χ1n) is 2.56. The summed E-state index contributed by atoms with van der Waals surface area (Å²) < 4.78 is 34.7. The van der Waals surface area contributed by atoms with Crippen molar-refractivity contribution in [2.75, 3.05) is 13.3 Å². The van der Waals surface area contributed by atoms with Crippen molar-refractivity contribution in [3.8, 4) is 0 Å².